The molecule has 6 heteroatoms. The highest BCUT2D eigenvalue weighted by Gasteiger charge is 2.10. The molecule has 1 aromatic heterocycles. The predicted molar refractivity (Wildman–Crippen MR) is 90.0 cm³/mol. The van der Waals surface area contributed by atoms with Crippen molar-refractivity contribution in [2.24, 2.45) is 5.10 Å². The van der Waals surface area contributed by atoms with Crippen LogP contribution >= 0.6 is 12.2 Å². The SMILES string of the molecule is CCc1n[nH]c(=S)n1N=C(C)c1ccc2ccccc2c1O. The van der Waals surface area contributed by atoms with E-state index in [1.165, 1.54) is 0 Å². The standard InChI is InChI=1S/C16H16N4OS/c1-3-14-17-18-16(22)20(14)19-10(2)12-9-8-11-6-4-5-7-13(11)15(12)21/h4-9,21H,3H2,1-2H3,(H,18,22). The molecule has 22 heavy (non-hydrogen) atoms. The van der Waals surface area contributed by atoms with Crippen LogP contribution < -0.4 is 0 Å². The zero-order valence-electron chi connectivity index (χ0n) is 12.4. The number of H-pyrrole nitrogens is 1. The van der Waals surface area contributed by atoms with Crippen LogP contribution in [0.3, 0.4) is 0 Å². The van der Waals surface area contributed by atoms with Gasteiger partial charge in [0.1, 0.15) is 5.75 Å². The topological polar surface area (TPSA) is 66.2 Å². The van der Waals surface area contributed by atoms with Crippen LogP contribution in [-0.2, 0) is 6.42 Å². The van der Waals surface area contributed by atoms with Crippen LogP contribution in [0, 0.1) is 4.77 Å². The van der Waals surface area contributed by atoms with E-state index < -0.39 is 0 Å². The summed E-state index contributed by atoms with van der Waals surface area (Å²) in [5.41, 5.74) is 1.36. The molecule has 0 bridgehead atoms. The first kappa shape index (κ1) is 14.5. The molecule has 3 rings (SSSR count). The highest BCUT2D eigenvalue weighted by Crippen LogP contribution is 2.29. The molecule has 3 aromatic rings. The van der Waals surface area contributed by atoms with Gasteiger partial charge in [-0.25, -0.2) is 0 Å². The van der Waals surface area contributed by atoms with E-state index in [2.05, 4.69) is 15.3 Å². The molecule has 0 unspecified atom stereocenters. The summed E-state index contributed by atoms with van der Waals surface area (Å²) < 4.78 is 2.04. The van der Waals surface area contributed by atoms with Crippen molar-refractivity contribution in [1.82, 2.24) is 14.9 Å². The van der Waals surface area contributed by atoms with E-state index in [1.807, 2.05) is 50.2 Å². The Morgan fingerprint density at radius 1 is 1.32 bits per heavy atom. The van der Waals surface area contributed by atoms with E-state index >= 15 is 0 Å². The fourth-order valence-electron chi connectivity index (χ4n) is 2.41. The third kappa shape index (κ3) is 2.42. The summed E-state index contributed by atoms with van der Waals surface area (Å²) in [7, 11) is 0. The Bertz CT molecular complexity index is 923. The van der Waals surface area contributed by atoms with Crippen molar-refractivity contribution in [3.8, 4) is 5.75 Å². The molecule has 1 heterocycles. The summed E-state index contributed by atoms with van der Waals surface area (Å²) in [5.74, 6) is 0.983. The molecule has 0 radical (unpaired) electrons. The Morgan fingerprint density at radius 3 is 2.86 bits per heavy atom. The zero-order valence-corrected chi connectivity index (χ0v) is 13.2. The number of aromatic amines is 1. The number of fused-ring (bicyclic) bond motifs is 1. The van der Waals surface area contributed by atoms with Crippen molar-refractivity contribution in [3.63, 3.8) is 0 Å². The smallest absolute Gasteiger partial charge is 0.216 e. The van der Waals surface area contributed by atoms with E-state index in [-0.39, 0.29) is 5.75 Å². The normalized spacial score (nSPS) is 12.0. The van der Waals surface area contributed by atoms with Gasteiger partial charge in [0, 0.05) is 17.4 Å². The number of aromatic hydroxyl groups is 1. The van der Waals surface area contributed by atoms with E-state index in [0.29, 0.717) is 22.5 Å². The number of nitrogens with one attached hydrogen (secondary N) is 1. The Labute approximate surface area is 132 Å². The second-order valence-corrected chi connectivity index (χ2v) is 5.37. The number of hydrogen-bond acceptors (Lipinski definition) is 4. The molecule has 5 nitrogen and oxygen atoms in total. The van der Waals surface area contributed by atoms with Crippen LogP contribution in [0.4, 0.5) is 0 Å². The molecule has 0 saturated carbocycles. The first-order chi connectivity index (χ1) is 10.6. The number of aryl methyl sites for hydroxylation is 1. The summed E-state index contributed by atoms with van der Waals surface area (Å²) >= 11 is 5.19. The van der Waals surface area contributed by atoms with Gasteiger partial charge in [-0.1, -0.05) is 37.3 Å². The van der Waals surface area contributed by atoms with E-state index in [9.17, 15) is 5.11 Å². The molecule has 2 N–H and O–H groups in total. The second kappa shape index (κ2) is 5.73. The van der Waals surface area contributed by atoms with Crippen LogP contribution in [0.25, 0.3) is 10.8 Å². The minimum Gasteiger partial charge on any atom is -0.507 e. The van der Waals surface area contributed by atoms with Crippen LogP contribution in [0.15, 0.2) is 41.5 Å². The van der Waals surface area contributed by atoms with Gasteiger partial charge < -0.3 is 5.11 Å². The molecular weight excluding hydrogens is 296 g/mol. The summed E-state index contributed by atoms with van der Waals surface area (Å²) in [5, 5.41) is 23.7. The largest absolute Gasteiger partial charge is 0.507 e. The molecule has 0 spiro atoms. The molecule has 0 aliphatic heterocycles. The van der Waals surface area contributed by atoms with Crippen molar-refractivity contribution in [2.75, 3.05) is 0 Å². The minimum absolute atomic E-state index is 0.229. The van der Waals surface area contributed by atoms with Gasteiger partial charge in [-0.3, -0.25) is 5.10 Å². The Kier molecular flexibility index (Phi) is 3.77. The van der Waals surface area contributed by atoms with E-state index in [1.54, 1.807) is 4.68 Å². The lowest BCUT2D eigenvalue weighted by atomic mass is 10.0. The maximum absolute atomic E-state index is 10.5. The molecule has 0 atom stereocenters. The molecule has 0 fully saturated rings. The van der Waals surface area contributed by atoms with Crippen molar-refractivity contribution in [1.29, 1.82) is 0 Å². The van der Waals surface area contributed by atoms with Gasteiger partial charge >= 0.3 is 0 Å². The molecule has 112 valence electrons. The first-order valence-electron chi connectivity index (χ1n) is 7.04. The van der Waals surface area contributed by atoms with Crippen LogP contribution in [-0.4, -0.2) is 25.7 Å². The lowest BCUT2D eigenvalue weighted by molar-refractivity contribution is 0.480. The highest BCUT2D eigenvalue weighted by molar-refractivity contribution is 7.71. The molecule has 0 aliphatic carbocycles. The minimum atomic E-state index is 0.229. The van der Waals surface area contributed by atoms with Crippen molar-refractivity contribution < 1.29 is 5.11 Å². The third-order valence-electron chi connectivity index (χ3n) is 3.57. The summed E-state index contributed by atoms with van der Waals surface area (Å²) in [6, 6.07) is 11.5. The van der Waals surface area contributed by atoms with Gasteiger partial charge in [-0.15, -0.1) is 0 Å². The summed E-state index contributed by atoms with van der Waals surface area (Å²) in [6.45, 7) is 3.83. The second-order valence-electron chi connectivity index (χ2n) is 4.98. The predicted octanol–water partition coefficient (Wildman–Crippen LogP) is 3.63. The quantitative estimate of drug-likeness (QED) is 0.573. The maximum Gasteiger partial charge on any atom is 0.216 e. The average molecular weight is 312 g/mol. The number of nitrogens with zero attached hydrogens (tertiary/aromatic N) is 3. The number of benzene rings is 2. The monoisotopic (exact) mass is 312 g/mol. The van der Waals surface area contributed by atoms with Crippen LogP contribution in [0.5, 0.6) is 5.75 Å². The van der Waals surface area contributed by atoms with Crippen molar-refractivity contribution in [2.45, 2.75) is 20.3 Å². The van der Waals surface area contributed by atoms with E-state index in [4.69, 9.17) is 12.2 Å². The fourth-order valence-corrected chi connectivity index (χ4v) is 2.60. The van der Waals surface area contributed by atoms with Crippen LogP contribution in [0.1, 0.15) is 25.2 Å². The summed E-state index contributed by atoms with van der Waals surface area (Å²) in [6.07, 6.45) is 0.716. The van der Waals surface area contributed by atoms with Gasteiger partial charge in [0.05, 0.1) is 5.71 Å². The van der Waals surface area contributed by atoms with Crippen molar-refractivity contribution in [3.05, 3.63) is 52.6 Å². The number of aromatic nitrogens is 3. The third-order valence-corrected chi connectivity index (χ3v) is 3.84. The lowest BCUT2D eigenvalue weighted by Crippen LogP contribution is -2.03. The number of rotatable bonds is 3. The summed E-state index contributed by atoms with van der Waals surface area (Å²) in [4.78, 5) is 0. The molecule has 0 aliphatic rings. The van der Waals surface area contributed by atoms with Gasteiger partial charge in [-0.2, -0.15) is 14.9 Å². The van der Waals surface area contributed by atoms with Gasteiger partial charge in [0.15, 0.2) is 5.82 Å². The number of hydrogen-bond donors (Lipinski definition) is 2. The maximum atomic E-state index is 10.5. The van der Waals surface area contributed by atoms with Crippen LogP contribution in [0.2, 0.25) is 0 Å². The molecule has 0 saturated heterocycles. The van der Waals surface area contributed by atoms with Gasteiger partial charge in [0.2, 0.25) is 4.77 Å². The molecule has 2 aromatic carbocycles. The van der Waals surface area contributed by atoms with E-state index in [0.717, 1.165) is 16.6 Å². The number of phenols is 1. The Balaban J connectivity index is 2.14. The number of phenolic OH excluding ortho intramolecular Hbond substituents is 1. The molecule has 0 amide bonds. The fraction of sp³-hybridized carbons (Fsp3) is 0.188. The lowest BCUT2D eigenvalue weighted by Gasteiger charge is -2.08. The van der Waals surface area contributed by atoms with Gasteiger partial charge in [0.25, 0.3) is 0 Å². The molecular formula is C16H16N4OS. The Morgan fingerprint density at radius 2 is 2.09 bits per heavy atom. The van der Waals surface area contributed by atoms with Gasteiger partial charge in [-0.05, 0) is 30.6 Å². The Hall–Kier alpha value is -2.47. The first-order valence-corrected chi connectivity index (χ1v) is 7.45. The highest BCUT2D eigenvalue weighted by atomic mass is 32.1. The zero-order chi connectivity index (χ0) is 15.7. The average Bonchev–Trinajstić information content (AvgIpc) is 2.88. The van der Waals surface area contributed by atoms with Crippen molar-refractivity contribution >= 4 is 28.7 Å².